The van der Waals surface area contributed by atoms with Crippen LogP contribution in [0, 0.1) is 11.9 Å². The third-order valence-electron chi connectivity index (χ3n) is 1.72. The van der Waals surface area contributed by atoms with E-state index in [2.05, 4.69) is 28.5 Å². The van der Waals surface area contributed by atoms with E-state index in [1.165, 1.54) is 12.4 Å². The van der Waals surface area contributed by atoms with Gasteiger partial charge in [0.25, 0.3) is 0 Å². The molecule has 0 fully saturated rings. The van der Waals surface area contributed by atoms with Crippen LogP contribution in [0.5, 0.6) is 0 Å². The summed E-state index contributed by atoms with van der Waals surface area (Å²) in [5.41, 5.74) is 0. The van der Waals surface area contributed by atoms with E-state index in [4.69, 9.17) is 0 Å². The predicted molar refractivity (Wildman–Crippen MR) is 58.0 cm³/mol. The van der Waals surface area contributed by atoms with Crippen LogP contribution in [-0.2, 0) is 0 Å². The van der Waals surface area contributed by atoms with Crippen molar-refractivity contribution >= 4 is 17.6 Å². The molecular weight excluding hydrogens is 201 g/mol. The third-order valence-corrected chi connectivity index (χ3v) is 2.62. The zero-order valence-corrected chi connectivity index (χ0v) is 9.14. The van der Waals surface area contributed by atoms with Crippen molar-refractivity contribution in [1.82, 2.24) is 9.97 Å². The van der Waals surface area contributed by atoms with Crippen LogP contribution in [0.15, 0.2) is 12.4 Å². The molecule has 0 spiro atoms. The Hall–Kier alpha value is -0.840. The minimum atomic E-state index is -0.500. The maximum atomic E-state index is 12.6. The molecule has 1 aromatic heterocycles. The Bertz CT molecular complexity index is 283. The van der Waals surface area contributed by atoms with Crippen molar-refractivity contribution in [3.8, 4) is 0 Å². The zero-order valence-electron chi connectivity index (χ0n) is 8.33. The minimum Gasteiger partial charge on any atom is -0.370 e. The molecule has 1 heterocycles. The molecule has 1 rings (SSSR count). The molecule has 1 unspecified atom stereocenters. The van der Waals surface area contributed by atoms with Crippen molar-refractivity contribution in [3.63, 3.8) is 0 Å². The topological polar surface area (TPSA) is 37.8 Å². The molecular formula is C9H14FN3S. The Morgan fingerprint density at radius 2 is 2.36 bits per heavy atom. The largest absolute Gasteiger partial charge is 0.370 e. The van der Waals surface area contributed by atoms with Gasteiger partial charge in [0.05, 0.1) is 0 Å². The maximum absolute atomic E-state index is 12.6. The number of nitrogens with zero attached hydrogens (tertiary/aromatic N) is 2. The summed E-state index contributed by atoms with van der Waals surface area (Å²) in [6, 6.07) is 1.30. The fraction of sp³-hybridized carbons (Fsp3) is 0.556. The van der Waals surface area contributed by atoms with E-state index < -0.39 is 5.95 Å². The fourth-order valence-electron chi connectivity index (χ4n) is 1.05. The van der Waals surface area contributed by atoms with Gasteiger partial charge in [0, 0.05) is 12.6 Å². The number of aromatic nitrogens is 2. The van der Waals surface area contributed by atoms with Crippen LogP contribution in [0.4, 0.5) is 10.2 Å². The molecule has 0 saturated carbocycles. The van der Waals surface area contributed by atoms with Gasteiger partial charge >= 0.3 is 0 Å². The highest BCUT2D eigenvalue weighted by atomic mass is 32.2. The van der Waals surface area contributed by atoms with E-state index in [1.54, 1.807) is 11.8 Å². The third kappa shape index (κ3) is 3.91. The molecule has 3 nitrogen and oxygen atoms in total. The van der Waals surface area contributed by atoms with Crippen molar-refractivity contribution in [1.29, 1.82) is 0 Å². The second kappa shape index (κ2) is 5.80. The fourth-order valence-corrected chi connectivity index (χ4v) is 1.74. The summed E-state index contributed by atoms with van der Waals surface area (Å²) < 4.78 is 12.6. The van der Waals surface area contributed by atoms with E-state index in [9.17, 15) is 4.39 Å². The lowest BCUT2D eigenvalue weighted by Gasteiger charge is -2.10. The number of halogens is 1. The highest BCUT2D eigenvalue weighted by Crippen LogP contribution is 2.07. The van der Waals surface area contributed by atoms with Crippen LogP contribution >= 0.6 is 11.8 Å². The molecule has 1 N–H and O–H groups in total. The standard InChI is InChI=1S/C9H14FN3S/c1-7(5-14-2)4-11-9-3-8(10)12-6-13-9/h3,6-7H,4-5H2,1-2H3,(H,11,12,13). The Labute approximate surface area is 87.5 Å². The normalized spacial score (nSPS) is 12.5. The monoisotopic (exact) mass is 215 g/mol. The molecule has 0 aliphatic carbocycles. The number of hydrogen-bond donors (Lipinski definition) is 1. The van der Waals surface area contributed by atoms with Crippen LogP contribution in [0.25, 0.3) is 0 Å². The van der Waals surface area contributed by atoms with Crippen molar-refractivity contribution in [3.05, 3.63) is 18.3 Å². The molecule has 0 amide bonds. The van der Waals surface area contributed by atoms with Crippen LogP contribution in [0.1, 0.15) is 6.92 Å². The van der Waals surface area contributed by atoms with E-state index in [1.807, 2.05) is 0 Å². The SMILES string of the molecule is CSCC(C)CNc1cc(F)ncn1. The number of nitrogens with one attached hydrogen (secondary N) is 1. The number of anilines is 1. The molecule has 0 saturated heterocycles. The first-order chi connectivity index (χ1) is 6.72. The van der Waals surface area contributed by atoms with Crippen LogP contribution < -0.4 is 5.32 Å². The predicted octanol–water partition coefficient (Wildman–Crippen LogP) is 2.03. The average molecular weight is 215 g/mol. The number of hydrogen-bond acceptors (Lipinski definition) is 4. The van der Waals surface area contributed by atoms with Crippen molar-refractivity contribution in [2.45, 2.75) is 6.92 Å². The molecule has 0 bridgehead atoms. The molecule has 1 atom stereocenters. The molecule has 1 aromatic rings. The summed E-state index contributed by atoms with van der Waals surface area (Å²) in [5.74, 6) is 1.68. The van der Waals surface area contributed by atoms with Crippen molar-refractivity contribution < 1.29 is 4.39 Å². The highest BCUT2D eigenvalue weighted by Gasteiger charge is 2.02. The van der Waals surface area contributed by atoms with Gasteiger partial charge in [0.1, 0.15) is 12.1 Å². The van der Waals surface area contributed by atoms with E-state index in [-0.39, 0.29) is 0 Å². The van der Waals surface area contributed by atoms with E-state index in [0.29, 0.717) is 11.7 Å². The summed E-state index contributed by atoms with van der Waals surface area (Å²) in [7, 11) is 0. The highest BCUT2D eigenvalue weighted by molar-refractivity contribution is 7.98. The van der Waals surface area contributed by atoms with E-state index >= 15 is 0 Å². The summed E-state index contributed by atoms with van der Waals surface area (Å²) in [6.07, 6.45) is 3.29. The summed E-state index contributed by atoms with van der Waals surface area (Å²) in [4.78, 5) is 7.28. The van der Waals surface area contributed by atoms with Gasteiger partial charge in [-0.05, 0) is 17.9 Å². The maximum Gasteiger partial charge on any atom is 0.217 e. The Balaban J connectivity index is 2.37. The van der Waals surface area contributed by atoms with Gasteiger partial charge in [-0.1, -0.05) is 6.92 Å². The first kappa shape index (κ1) is 11.2. The quantitative estimate of drug-likeness (QED) is 0.763. The lowest BCUT2D eigenvalue weighted by Crippen LogP contribution is -2.14. The summed E-state index contributed by atoms with van der Waals surface area (Å²) >= 11 is 1.80. The Morgan fingerprint density at radius 1 is 1.57 bits per heavy atom. The number of thioether (sulfide) groups is 1. The minimum absolute atomic E-state index is 0.500. The molecule has 5 heteroatoms. The lowest BCUT2D eigenvalue weighted by atomic mass is 10.2. The van der Waals surface area contributed by atoms with Gasteiger partial charge in [0.2, 0.25) is 5.95 Å². The van der Waals surface area contributed by atoms with Gasteiger partial charge in [-0.15, -0.1) is 0 Å². The zero-order chi connectivity index (χ0) is 10.4. The van der Waals surface area contributed by atoms with Gasteiger partial charge in [-0.25, -0.2) is 9.97 Å². The van der Waals surface area contributed by atoms with Crippen LogP contribution in [-0.4, -0.2) is 28.5 Å². The Kier molecular flexibility index (Phi) is 4.65. The number of rotatable bonds is 5. The van der Waals surface area contributed by atoms with Crippen molar-refractivity contribution in [2.75, 3.05) is 23.9 Å². The average Bonchev–Trinajstić information content (AvgIpc) is 2.15. The molecule has 0 aliphatic rings. The molecule has 0 aliphatic heterocycles. The van der Waals surface area contributed by atoms with Crippen molar-refractivity contribution in [2.24, 2.45) is 5.92 Å². The smallest absolute Gasteiger partial charge is 0.217 e. The van der Waals surface area contributed by atoms with Crippen LogP contribution in [0.2, 0.25) is 0 Å². The first-order valence-electron chi connectivity index (χ1n) is 4.42. The van der Waals surface area contributed by atoms with Gasteiger partial charge in [0.15, 0.2) is 0 Å². The molecule has 0 radical (unpaired) electrons. The first-order valence-corrected chi connectivity index (χ1v) is 5.82. The molecule has 78 valence electrons. The molecule has 14 heavy (non-hydrogen) atoms. The lowest BCUT2D eigenvalue weighted by molar-refractivity contribution is 0.579. The second-order valence-corrected chi connectivity index (χ2v) is 4.08. The van der Waals surface area contributed by atoms with Gasteiger partial charge in [-0.3, -0.25) is 0 Å². The molecule has 0 aromatic carbocycles. The Morgan fingerprint density at radius 3 is 3.00 bits per heavy atom. The van der Waals surface area contributed by atoms with E-state index in [0.717, 1.165) is 12.3 Å². The second-order valence-electron chi connectivity index (χ2n) is 3.17. The van der Waals surface area contributed by atoms with Crippen LogP contribution in [0.3, 0.4) is 0 Å². The summed E-state index contributed by atoms with van der Waals surface area (Å²) in [5, 5.41) is 3.07. The van der Waals surface area contributed by atoms with Gasteiger partial charge < -0.3 is 5.32 Å². The van der Waals surface area contributed by atoms with Gasteiger partial charge in [-0.2, -0.15) is 16.2 Å². The summed E-state index contributed by atoms with van der Waals surface area (Å²) in [6.45, 7) is 2.94.